The maximum Gasteiger partial charge on any atom is 0.294 e. The van der Waals surface area contributed by atoms with Gasteiger partial charge in [0.2, 0.25) is 0 Å². The third-order valence-corrected chi connectivity index (χ3v) is 5.21. The van der Waals surface area contributed by atoms with Gasteiger partial charge in [0.25, 0.3) is 5.09 Å². The van der Waals surface area contributed by atoms with Crippen molar-refractivity contribution in [2.24, 2.45) is 0 Å². The van der Waals surface area contributed by atoms with Crippen molar-refractivity contribution in [2.45, 2.75) is 11.3 Å². The molecule has 0 fully saturated rings. The van der Waals surface area contributed by atoms with Crippen molar-refractivity contribution in [1.29, 1.82) is 0 Å². The molecule has 29 heavy (non-hydrogen) atoms. The van der Waals surface area contributed by atoms with Crippen LogP contribution in [0.2, 0.25) is 0 Å². The Balaban J connectivity index is 1.93. The fraction of sp³-hybridized carbons (Fsp3) is 0.150. The Hall–Kier alpha value is -3.46. The van der Waals surface area contributed by atoms with Crippen LogP contribution < -0.4 is 0 Å². The highest BCUT2D eigenvalue weighted by atomic mass is 32.2. The van der Waals surface area contributed by atoms with Crippen LogP contribution in [0, 0.1) is 10.1 Å². The summed E-state index contributed by atoms with van der Waals surface area (Å²) >= 11 is 0. The number of benzene rings is 2. The molecule has 0 amide bonds. The Morgan fingerprint density at radius 3 is 2.45 bits per heavy atom. The molecule has 0 spiro atoms. The van der Waals surface area contributed by atoms with E-state index in [4.69, 9.17) is 0 Å². The summed E-state index contributed by atoms with van der Waals surface area (Å²) in [5.74, 6) is 0. The summed E-state index contributed by atoms with van der Waals surface area (Å²) < 4.78 is 25.2. The minimum absolute atomic E-state index is 0.0251. The SMILES string of the molecule is CS(=O)(=O)c1ccc(-c2cc(/C=C\CCO[N+](=O)[O-])nn2-c2ccccc2)cc1. The molecular formula is C20H19N3O5S. The van der Waals surface area contributed by atoms with E-state index in [1.54, 1.807) is 41.1 Å². The van der Waals surface area contributed by atoms with Gasteiger partial charge in [0, 0.05) is 11.8 Å². The van der Waals surface area contributed by atoms with E-state index < -0.39 is 14.9 Å². The Bertz CT molecular complexity index is 1120. The van der Waals surface area contributed by atoms with E-state index >= 15 is 0 Å². The van der Waals surface area contributed by atoms with E-state index in [1.807, 2.05) is 36.4 Å². The minimum atomic E-state index is -3.28. The summed E-state index contributed by atoms with van der Waals surface area (Å²) in [6.07, 6.45) is 5.05. The number of hydrogen-bond acceptors (Lipinski definition) is 6. The van der Waals surface area contributed by atoms with Crippen molar-refractivity contribution in [1.82, 2.24) is 9.78 Å². The molecule has 0 saturated carbocycles. The second kappa shape index (κ2) is 8.70. The summed E-state index contributed by atoms with van der Waals surface area (Å²) in [4.78, 5) is 14.7. The first-order valence-corrected chi connectivity index (χ1v) is 10.6. The van der Waals surface area contributed by atoms with Crippen molar-refractivity contribution in [3.8, 4) is 16.9 Å². The molecule has 0 N–H and O–H groups in total. The third-order valence-electron chi connectivity index (χ3n) is 4.08. The summed E-state index contributed by atoms with van der Waals surface area (Å²) in [5, 5.41) is 14.0. The lowest BCUT2D eigenvalue weighted by molar-refractivity contribution is -0.757. The topological polar surface area (TPSA) is 104 Å². The molecule has 3 rings (SSSR count). The molecule has 3 aromatic rings. The second-order valence-electron chi connectivity index (χ2n) is 6.25. The summed E-state index contributed by atoms with van der Waals surface area (Å²) in [6.45, 7) is -0.0251. The predicted octanol–water partition coefficient (Wildman–Crippen LogP) is 3.55. The van der Waals surface area contributed by atoms with E-state index in [0.29, 0.717) is 12.1 Å². The first-order chi connectivity index (χ1) is 13.8. The molecule has 0 saturated heterocycles. The highest BCUT2D eigenvalue weighted by Crippen LogP contribution is 2.26. The second-order valence-corrected chi connectivity index (χ2v) is 8.26. The largest absolute Gasteiger partial charge is 0.314 e. The van der Waals surface area contributed by atoms with Gasteiger partial charge >= 0.3 is 0 Å². The average molecular weight is 413 g/mol. The minimum Gasteiger partial charge on any atom is -0.314 e. The standard InChI is InChI=1S/C20H19N3O5S/c1-29(26,27)19-12-10-16(11-13-19)20-15-17(7-5-6-14-28-23(24)25)21-22(20)18-8-3-2-4-9-18/h2-5,7-13,15H,6,14H2,1H3/b7-5-. The normalized spacial score (nSPS) is 11.6. The van der Waals surface area contributed by atoms with Crippen LogP contribution in [0.3, 0.4) is 0 Å². The fourth-order valence-corrected chi connectivity index (χ4v) is 3.36. The van der Waals surface area contributed by atoms with Crippen LogP contribution in [-0.4, -0.2) is 36.1 Å². The van der Waals surface area contributed by atoms with Gasteiger partial charge in [-0.15, -0.1) is 10.1 Å². The number of sulfone groups is 1. The molecule has 8 nitrogen and oxygen atoms in total. The fourth-order valence-electron chi connectivity index (χ4n) is 2.72. The highest BCUT2D eigenvalue weighted by molar-refractivity contribution is 7.90. The maximum atomic E-state index is 11.7. The highest BCUT2D eigenvalue weighted by Gasteiger charge is 2.12. The molecule has 0 atom stereocenters. The molecule has 1 heterocycles. The zero-order chi connectivity index (χ0) is 20.9. The van der Waals surface area contributed by atoms with Crippen LogP contribution in [0.15, 0.2) is 71.6 Å². The van der Waals surface area contributed by atoms with Gasteiger partial charge in [-0.05, 0) is 42.8 Å². The molecule has 0 bridgehead atoms. The van der Waals surface area contributed by atoms with Crippen molar-refractivity contribution in [2.75, 3.05) is 12.9 Å². The lowest BCUT2D eigenvalue weighted by Crippen LogP contribution is -2.00. The third kappa shape index (κ3) is 5.29. The number of nitrogens with zero attached hydrogens (tertiary/aromatic N) is 3. The van der Waals surface area contributed by atoms with Crippen LogP contribution in [0.25, 0.3) is 23.0 Å². The Labute approximate surface area is 168 Å². The molecule has 9 heteroatoms. The van der Waals surface area contributed by atoms with Gasteiger partial charge in [-0.1, -0.05) is 36.4 Å². The Morgan fingerprint density at radius 1 is 1.14 bits per heavy atom. The first-order valence-electron chi connectivity index (χ1n) is 8.74. The van der Waals surface area contributed by atoms with E-state index in [1.165, 1.54) is 6.26 Å². The van der Waals surface area contributed by atoms with Crippen LogP contribution in [0.5, 0.6) is 0 Å². The number of aromatic nitrogens is 2. The van der Waals surface area contributed by atoms with Crippen molar-refractivity contribution in [3.63, 3.8) is 0 Å². The van der Waals surface area contributed by atoms with Crippen molar-refractivity contribution >= 4 is 15.9 Å². The molecule has 0 radical (unpaired) electrons. The van der Waals surface area contributed by atoms with Gasteiger partial charge in [-0.3, -0.25) is 0 Å². The van der Waals surface area contributed by atoms with E-state index in [2.05, 4.69) is 9.94 Å². The number of hydrogen-bond donors (Lipinski definition) is 0. The summed E-state index contributed by atoms with van der Waals surface area (Å²) in [7, 11) is -3.28. The van der Waals surface area contributed by atoms with Crippen molar-refractivity contribution < 1.29 is 18.3 Å². The van der Waals surface area contributed by atoms with Gasteiger partial charge in [0.05, 0.1) is 28.6 Å². The lowest BCUT2D eigenvalue weighted by atomic mass is 10.1. The molecule has 150 valence electrons. The number of rotatable bonds is 8. The first kappa shape index (κ1) is 20.3. The Morgan fingerprint density at radius 2 is 1.83 bits per heavy atom. The van der Waals surface area contributed by atoms with Crippen LogP contribution in [-0.2, 0) is 14.7 Å². The smallest absolute Gasteiger partial charge is 0.294 e. The van der Waals surface area contributed by atoms with Crippen LogP contribution in [0.4, 0.5) is 0 Å². The zero-order valence-corrected chi connectivity index (χ0v) is 16.5. The Kier molecular flexibility index (Phi) is 6.08. The van der Waals surface area contributed by atoms with E-state index in [9.17, 15) is 18.5 Å². The van der Waals surface area contributed by atoms with Gasteiger partial charge < -0.3 is 4.84 Å². The molecule has 0 aliphatic heterocycles. The zero-order valence-electron chi connectivity index (χ0n) is 15.6. The average Bonchev–Trinajstić information content (AvgIpc) is 3.12. The monoisotopic (exact) mass is 413 g/mol. The van der Waals surface area contributed by atoms with Gasteiger partial charge in [0.15, 0.2) is 9.84 Å². The van der Waals surface area contributed by atoms with Crippen LogP contribution >= 0.6 is 0 Å². The summed E-state index contributed by atoms with van der Waals surface area (Å²) in [6, 6.07) is 18.0. The number of para-hydroxylation sites is 1. The van der Waals surface area contributed by atoms with E-state index in [-0.39, 0.29) is 11.5 Å². The predicted molar refractivity (Wildman–Crippen MR) is 109 cm³/mol. The molecule has 1 aromatic heterocycles. The quantitative estimate of drug-likeness (QED) is 0.318. The molecule has 0 unspecified atom stereocenters. The maximum absolute atomic E-state index is 11.7. The van der Waals surface area contributed by atoms with Crippen LogP contribution in [0.1, 0.15) is 12.1 Å². The van der Waals surface area contributed by atoms with Gasteiger partial charge in [0.1, 0.15) is 0 Å². The van der Waals surface area contributed by atoms with Gasteiger partial charge in [-0.2, -0.15) is 5.10 Å². The summed E-state index contributed by atoms with van der Waals surface area (Å²) in [5.41, 5.74) is 3.12. The van der Waals surface area contributed by atoms with E-state index in [0.717, 1.165) is 16.9 Å². The molecule has 2 aromatic carbocycles. The lowest BCUT2D eigenvalue weighted by Gasteiger charge is -2.08. The van der Waals surface area contributed by atoms with Crippen molar-refractivity contribution in [3.05, 3.63) is 82.5 Å². The molecule has 0 aliphatic carbocycles. The molecule has 0 aliphatic rings. The molecular weight excluding hydrogens is 394 g/mol. The van der Waals surface area contributed by atoms with Gasteiger partial charge in [-0.25, -0.2) is 13.1 Å².